The highest BCUT2D eigenvalue weighted by molar-refractivity contribution is 4.64. The monoisotopic (exact) mass is 721 g/mol. The van der Waals surface area contributed by atoms with Crippen LogP contribution in [0.25, 0.3) is 0 Å². The molecule has 0 aliphatic heterocycles. The summed E-state index contributed by atoms with van der Waals surface area (Å²) in [5.74, 6) is 5.53. The van der Waals surface area contributed by atoms with Gasteiger partial charge in [-0.15, -0.1) is 0 Å². The summed E-state index contributed by atoms with van der Waals surface area (Å²) in [5, 5.41) is 0. The van der Waals surface area contributed by atoms with Crippen molar-refractivity contribution in [3.8, 4) is 0 Å². The van der Waals surface area contributed by atoms with E-state index >= 15 is 0 Å². The SMILES string of the molecule is CCCCCCCCC(C)C(C)C.CCCCCCCCC(C)CCC(C)C.CCCCCCCCCCC(CCCCCCCC)CC(C)C. The maximum Gasteiger partial charge on any atom is -0.0412 e. The van der Waals surface area contributed by atoms with Crippen molar-refractivity contribution in [3.05, 3.63) is 0 Å². The molecule has 0 aromatic carbocycles. The molecule has 0 aromatic heterocycles. The van der Waals surface area contributed by atoms with Gasteiger partial charge in [0.05, 0.1) is 0 Å². The highest BCUT2D eigenvalue weighted by Crippen LogP contribution is 2.25. The van der Waals surface area contributed by atoms with E-state index in [9.17, 15) is 0 Å². The topological polar surface area (TPSA) is 0 Å². The third kappa shape index (κ3) is 52.2. The highest BCUT2D eigenvalue weighted by Gasteiger charge is 2.11. The molecule has 3 atom stereocenters. The summed E-state index contributed by atoms with van der Waals surface area (Å²) in [6.45, 7) is 28.1. The smallest absolute Gasteiger partial charge is 0.0412 e. The number of unbranched alkanes of at least 4 members (excludes halogenated alkanes) is 22. The van der Waals surface area contributed by atoms with Crippen LogP contribution in [0.5, 0.6) is 0 Å². The van der Waals surface area contributed by atoms with Crippen molar-refractivity contribution in [3.63, 3.8) is 0 Å². The quantitative estimate of drug-likeness (QED) is 0.0565. The predicted octanol–water partition coefficient (Wildman–Crippen LogP) is 19.8. The van der Waals surface area contributed by atoms with Crippen LogP contribution in [0.1, 0.15) is 295 Å². The third-order valence-corrected chi connectivity index (χ3v) is 11.7. The molecular formula is C51H108. The molecule has 0 rings (SSSR count). The summed E-state index contributed by atoms with van der Waals surface area (Å²) in [6.07, 6.45) is 47.8. The van der Waals surface area contributed by atoms with Gasteiger partial charge in [0.15, 0.2) is 0 Å². The Morgan fingerprint density at radius 3 is 0.902 bits per heavy atom. The van der Waals surface area contributed by atoms with Crippen molar-refractivity contribution in [1.29, 1.82) is 0 Å². The van der Waals surface area contributed by atoms with Crippen molar-refractivity contribution in [1.82, 2.24) is 0 Å². The molecule has 0 spiro atoms. The van der Waals surface area contributed by atoms with Crippen LogP contribution in [-0.4, -0.2) is 0 Å². The van der Waals surface area contributed by atoms with Crippen molar-refractivity contribution in [2.24, 2.45) is 35.5 Å². The van der Waals surface area contributed by atoms with Crippen molar-refractivity contribution in [2.75, 3.05) is 0 Å². The minimum absolute atomic E-state index is 0.871. The van der Waals surface area contributed by atoms with Gasteiger partial charge in [-0.3, -0.25) is 0 Å². The van der Waals surface area contributed by atoms with Gasteiger partial charge in [-0.1, -0.05) is 289 Å². The van der Waals surface area contributed by atoms with E-state index in [4.69, 9.17) is 0 Å². The molecule has 0 saturated heterocycles. The summed E-state index contributed by atoms with van der Waals surface area (Å²) in [7, 11) is 0. The summed E-state index contributed by atoms with van der Waals surface area (Å²) < 4.78 is 0. The average molecular weight is 721 g/mol. The Hall–Kier alpha value is 0. The lowest BCUT2D eigenvalue weighted by Crippen LogP contribution is -2.05. The van der Waals surface area contributed by atoms with Crippen molar-refractivity contribution >= 4 is 0 Å². The maximum absolute atomic E-state index is 2.43. The van der Waals surface area contributed by atoms with E-state index in [1.165, 1.54) is 212 Å². The van der Waals surface area contributed by atoms with Gasteiger partial charge in [-0.05, 0) is 41.9 Å². The van der Waals surface area contributed by atoms with E-state index in [1.807, 2.05) is 0 Å². The molecule has 0 bridgehead atoms. The van der Waals surface area contributed by atoms with Crippen LogP contribution in [0.3, 0.4) is 0 Å². The zero-order valence-electron chi connectivity index (χ0n) is 38.8. The second kappa shape index (κ2) is 46.2. The second-order valence-corrected chi connectivity index (χ2v) is 18.7. The van der Waals surface area contributed by atoms with E-state index in [0.717, 1.165) is 35.5 Å². The lowest BCUT2D eigenvalue weighted by atomic mass is 9.87. The first-order valence-corrected chi connectivity index (χ1v) is 24.5. The zero-order valence-corrected chi connectivity index (χ0v) is 38.8. The minimum atomic E-state index is 0.871. The molecule has 0 amide bonds. The molecule has 3 unspecified atom stereocenters. The first kappa shape index (κ1) is 55.3. The molecule has 0 aliphatic carbocycles. The Morgan fingerprint density at radius 1 is 0.275 bits per heavy atom. The van der Waals surface area contributed by atoms with Crippen molar-refractivity contribution < 1.29 is 0 Å². The molecule has 312 valence electrons. The number of hydrogen-bond donors (Lipinski definition) is 0. The fourth-order valence-corrected chi connectivity index (χ4v) is 7.44. The standard InChI is InChI=1S/C23H48.C15H32.C13H28/c1-5-7-9-11-13-14-16-18-20-23(21-22(3)4)19-17-15-12-10-8-6-2;1-5-6-7-8-9-10-11-15(4)13-12-14(2)3;1-5-6-7-8-9-10-11-13(4)12(2)3/h22-23H,5-21H2,1-4H3;14-15H,5-13H2,1-4H3;12-13H,5-11H2,1-4H3. The molecular weight excluding hydrogens is 613 g/mol. The van der Waals surface area contributed by atoms with E-state index < -0.39 is 0 Å². The fraction of sp³-hybridized carbons (Fsp3) is 1.00. The molecule has 0 heteroatoms. The molecule has 0 fully saturated rings. The normalized spacial score (nSPS) is 13.2. The first-order valence-electron chi connectivity index (χ1n) is 24.5. The van der Waals surface area contributed by atoms with Gasteiger partial charge in [-0.25, -0.2) is 0 Å². The van der Waals surface area contributed by atoms with Gasteiger partial charge in [-0.2, -0.15) is 0 Å². The molecule has 0 saturated carbocycles. The Morgan fingerprint density at radius 2 is 0.588 bits per heavy atom. The van der Waals surface area contributed by atoms with E-state index in [1.54, 1.807) is 0 Å². The third-order valence-electron chi connectivity index (χ3n) is 11.7. The number of hydrogen-bond acceptors (Lipinski definition) is 0. The van der Waals surface area contributed by atoms with Gasteiger partial charge in [0, 0.05) is 0 Å². The fourth-order valence-electron chi connectivity index (χ4n) is 7.44. The highest BCUT2D eigenvalue weighted by atomic mass is 14.2. The van der Waals surface area contributed by atoms with Gasteiger partial charge < -0.3 is 0 Å². The van der Waals surface area contributed by atoms with Gasteiger partial charge >= 0.3 is 0 Å². The van der Waals surface area contributed by atoms with Crippen molar-refractivity contribution in [2.45, 2.75) is 295 Å². The summed E-state index contributed by atoms with van der Waals surface area (Å²) in [6, 6.07) is 0. The molecule has 0 nitrogen and oxygen atoms in total. The van der Waals surface area contributed by atoms with Crippen LogP contribution < -0.4 is 0 Å². The Balaban J connectivity index is -0.000000715. The molecule has 0 N–H and O–H groups in total. The van der Waals surface area contributed by atoms with Crippen LogP contribution in [0.4, 0.5) is 0 Å². The van der Waals surface area contributed by atoms with Gasteiger partial charge in [0.1, 0.15) is 0 Å². The van der Waals surface area contributed by atoms with Crippen LogP contribution in [0.15, 0.2) is 0 Å². The Labute approximate surface area is 329 Å². The molecule has 0 heterocycles. The van der Waals surface area contributed by atoms with E-state index in [2.05, 4.69) is 83.1 Å². The second-order valence-electron chi connectivity index (χ2n) is 18.7. The summed E-state index contributed by atoms with van der Waals surface area (Å²) in [5.41, 5.74) is 0. The van der Waals surface area contributed by atoms with Crippen LogP contribution in [0.2, 0.25) is 0 Å². The lowest BCUT2D eigenvalue weighted by molar-refractivity contribution is 0.338. The minimum Gasteiger partial charge on any atom is -0.0654 e. The summed E-state index contributed by atoms with van der Waals surface area (Å²) >= 11 is 0. The molecule has 51 heavy (non-hydrogen) atoms. The van der Waals surface area contributed by atoms with Crippen LogP contribution in [-0.2, 0) is 0 Å². The Bertz CT molecular complexity index is 573. The van der Waals surface area contributed by atoms with Gasteiger partial charge in [0.2, 0.25) is 0 Å². The maximum atomic E-state index is 2.43. The predicted molar refractivity (Wildman–Crippen MR) is 241 cm³/mol. The van der Waals surface area contributed by atoms with Crippen LogP contribution >= 0.6 is 0 Å². The average Bonchev–Trinajstić information content (AvgIpc) is 3.09. The molecule has 0 aromatic rings. The van der Waals surface area contributed by atoms with E-state index in [0.29, 0.717) is 0 Å². The largest absolute Gasteiger partial charge is 0.0654 e. The summed E-state index contributed by atoms with van der Waals surface area (Å²) in [4.78, 5) is 0. The Kier molecular flexibility index (Phi) is 50.1. The number of rotatable bonds is 36. The first-order chi connectivity index (χ1) is 24.5. The van der Waals surface area contributed by atoms with Gasteiger partial charge in [0.25, 0.3) is 0 Å². The van der Waals surface area contributed by atoms with E-state index in [-0.39, 0.29) is 0 Å². The lowest BCUT2D eigenvalue weighted by Gasteiger charge is -2.19. The molecule has 0 aliphatic rings. The molecule has 0 radical (unpaired) electrons. The van der Waals surface area contributed by atoms with Crippen LogP contribution in [0, 0.1) is 35.5 Å². The zero-order chi connectivity index (χ0) is 38.8.